The minimum Gasteiger partial charge on any atom is -0.408 e. The number of H-pyrrole nitrogens is 1. The van der Waals surface area contributed by atoms with Gasteiger partial charge in [0.2, 0.25) is 5.91 Å². The number of aromatic amines is 1. The first-order valence-electron chi connectivity index (χ1n) is 9.29. The van der Waals surface area contributed by atoms with E-state index in [1.807, 2.05) is 38.1 Å². The number of carbonyl (C=O) groups is 1. The largest absolute Gasteiger partial charge is 0.417 e. The number of fused-ring (bicyclic) bond motifs is 1. The number of rotatable bonds is 5. The van der Waals surface area contributed by atoms with Crippen molar-refractivity contribution in [3.63, 3.8) is 0 Å². The van der Waals surface area contributed by atoms with Crippen LogP contribution in [0.4, 0.5) is 5.69 Å². The molecule has 0 radical (unpaired) electrons. The number of hydrogen-bond acceptors (Lipinski definition) is 4. The summed E-state index contributed by atoms with van der Waals surface area (Å²) < 4.78 is 6.66. The number of amides is 1. The predicted molar refractivity (Wildman–Crippen MR) is 117 cm³/mol. The SMILES string of the molecule is Cc1ccc(Cn2nc(C)c(/C=C\C(=O)Nc3ccc4oc(=O)[nH]c4c3)c2Cl)cc1. The number of benzene rings is 2. The lowest BCUT2D eigenvalue weighted by atomic mass is 10.1. The van der Waals surface area contributed by atoms with Crippen molar-refractivity contribution in [1.82, 2.24) is 14.8 Å². The fraction of sp³-hybridized carbons (Fsp3) is 0.136. The van der Waals surface area contributed by atoms with Crippen molar-refractivity contribution in [1.29, 1.82) is 0 Å². The van der Waals surface area contributed by atoms with E-state index < -0.39 is 5.76 Å². The number of carbonyl (C=O) groups excluding carboxylic acids is 1. The zero-order chi connectivity index (χ0) is 21.3. The van der Waals surface area contributed by atoms with Gasteiger partial charge in [0.15, 0.2) is 5.58 Å². The van der Waals surface area contributed by atoms with Gasteiger partial charge < -0.3 is 9.73 Å². The van der Waals surface area contributed by atoms with Gasteiger partial charge in [0.1, 0.15) is 5.15 Å². The first kappa shape index (κ1) is 19.7. The normalized spacial score (nSPS) is 11.4. The highest BCUT2D eigenvalue weighted by molar-refractivity contribution is 6.31. The van der Waals surface area contributed by atoms with E-state index in [1.165, 1.54) is 11.6 Å². The van der Waals surface area contributed by atoms with Gasteiger partial charge >= 0.3 is 5.76 Å². The van der Waals surface area contributed by atoms with Gasteiger partial charge in [-0.3, -0.25) is 9.78 Å². The van der Waals surface area contributed by atoms with Crippen molar-refractivity contribution in [2.75, 3.05) is 5.32 Å². The minimum atomic E-state index is -0.541. The lowest BCUT2D eigenvalue weighted by Gasteiger charge is -2.04. The molecule has 2 heterocycles. The first-order chi connectivity index (χ1) is 14.4. The number of nitrogens with zero attached hydrogens (tertiary/aromatic N) is 2. The van der Waals surface area contributed by atoms with Gasteiger partial charge in [-0.05, 0) is 43.7 Å². The number of halogens is 1. The van der Waals surface area contributed by atoms with Crippen LogP contribution in [-0.4, -0.2) is 20.7 Å². The van der Waals surface area contributed by atoms with Crippen LogP contribution >= 0.6 is 11.6 Å². The second kappa shape index (κ2) is 8.04. The number of aryl methyl sites for hydroxylation is 2. The zero-order valence-electron chi connectivity index (χ0n) is 16.4. The molecule has 0 fully saturated rings. The Bertz CT molecular complexity index is 1310. The molecule has 30 heavy (non-hydrogen) atoms. The van der Waals surface area contributed by atoms with Crippen molar-refractivity contribution in [2.45, 2.75) is 20.4 Å². The van der Waals surface area contributed by atoms with Gasteiger partial charge in [0, 0.05) is 17.3 Å². The van der Waals surface area contributed by atoms with Crippen LogP contribution in [0.2, 0.25) is 5.15 Å². The first-order valence-corrected chi connectivity index (χ1v) is 9.67. The summed E-state index contributed by atoms with van der Waals surface area (Å²) in [6, 6.07) is 13.1. The Hall–Kier alpha value is -3.58. The van der Waals surface area contributed by atoms with E-state index in [9.17, 15) is 9.59 Å². The van der Waals surface area contributed by atoms with Gasteiger partial charge in [-0.1, -0.05) is 41.4 Å². The summed E-state index contributed by atoms with van der Waals surface area (Å²) >= 11 is 6.50. The highest BCUT2D eigenvalue weighted by atomic mass is 35.5. The molecule has 0 saturated heterocycles. The number of hydrogen-bond donors (Lipinski definition) is 2. The Morgan fingerprint density at radius 3 is 2.77 bits per heavy atom. The fourth-order valence-electron chi connectivity index (χ4n) is 3.10. The van der Waals surface area contributed by atoms with E-state index in [1.54, 1.807) is 29.0 Å². The van der Waals surface area contributed by atoms with Crippen LogP contribution in [0.15, 0.2) is 57.8 Å². The summed E-state index contributed by atoms with van der Waals surface area (Å²) in [6.45, 7) is 4.43. The summed E-state index contributed by atoms with van der Waals surface area (Å²) in [5, 5.41) is 7.70. The molecule has 0 bridgehead atoms. The van der Waals surface area contributed by atoms with Gasteiger partial charge in [-0.25, -0.2) is 9.48 Å². The molecule has 0 aliphatic heterocycles. The topological polar surface area (TPSA) is 92.9 Å². The Kier molecular flexibility index (Phi) is 5.29. The van der Waals surface area contributed by atoms with E-state index >= 15 is 0 Å². The van der Waals surface area contributed by atoms with E-state index in [0.717, 1.165) is 11.3 Å². The Morgan fingerprint density at radius 1 is 1.23 bits per heavy atom. The molecule has 0 aliphatic carbocycles. The van der Waals surface area contributed by atoms with Crippen LogP contribution in [0.25, 0.3) is 17.2 Å². The molecule has 4 aromatic rings. The highest BCUT2D eigenvalue weighted by Gasteiger charge is 2.12. The van der Waals surface area contributed by atoms with Gasteiger partial charge in [0.05, 0.1) is 17.8 Å². The molecule has 0 spiro atoms. The third-order valence-corrected chi connectivity index (χ3v) is 5.05. The predicted octanol–water partition coefficient (Wildman–Crippen LogP) is 4.29. The third-order valence-electron chi connectivity index (χ3n) is 4.65. The lowest BCUT2D eigenvalue weighted by molar-refractivity contribution is -0.111. The molecule has 0 unspecified atom stereocenters. The maximum atomic E-state index is 12.3. The van der Waals surface area contributed by atoms with E-state index in [4.69, 9.17) is 16.0 Å². The van der Waals surface area contributed by atoms with Crippen LogP contribution in [-0.2, 0) is 11.3 Å². The van der Waals surface area contributed by atoms with Gasteiger partial charge in [-0.15, -0.1) is 0 Å². The molecule has 8 heteroatoms. The average molecular weight is 423 g/mol. The van der Waals surface area contributed by atoms with Gasteiger partial charge in [0.25, 0.3) is 0 Å². The van der Waals surface area contributed by atoms with Crippen LogP contribution in [0.5, 0.6) is 0 Å². The molecule has 1 amide bonds. The van der Waals surface area contributed by atoms with Crippen LogP contribution in [0.1, 0.15) is 22.4 Å². The smallest absolute Gasteiger partial charge is 0.408 e. The standard InChI is InChI=1S/C22H19ClN4O3/c1-13-3-5-15(6-4-13)12-27-21(23)17(14(2)26-27)8-10-20(28)24-16-7-9-19-18(11-16)25-22(29)30-19/h3-11H,12H2,1-2H3,(H,24,28)(H,25,29)/b10-8-. The lowest BCUT2D eigenvalue weighted by Crippen LogP contribution is -2.07. The van der Waals surface area contributed by atoms with Crippen LogP contribution in [0.3, 0.4) is 0 Å². The molecule has 0 atom stereocenters. The maximum Gasteiger partial charge on any atom is 0.417 e. The van der Waals surface area contributed by atoms with Gasteiger partial charge in [-0.2, -0.15) is 5.10 Å². The number of aromatic nitrogens is 3. The number of oxazole rings is 1. The molecule has 7 nitrogen and oxygen atoms in total. The second-order valence-corrected chi connectivity index (χ2v) is 7.34. The highest BCUT2D eigenvalue weighted by Crippen LogP contribution is 2.23. The zero-order valence-corrected chi connectivity index (χ0v) is 17.2. The molecule has 0 saturated carbocycles. The van der Waals surface area contributed by atoms with Crippen molar-refractivity contribution in [2.24, 2.45) is 0 Å². The Morgan fingerprint density at radius 2 is 2.00 bits per heavy atom. The molecule has 4 rings (SSSR count). The van der Waals surface area contributed by atoms with E-state index in [-0.39, 0.29) is 5.91 Å². The average Bonchev–Trinajstić information content (AvgIpc) is 3.20. The Balaban J connectivity index is 1.48. The second-order valence-electron chi connectivity index (χ2n) is 6.98. The van der Waals surface area contributed by atoms with Crippen LogP contribution < -0.4 is 11.1 Å². The Labute approximate surface area is 177 Å². The summed E-state index contributed by atoms with van der Waals surface area (Å²) in [7, 11) is 0. The molecule has 2 aromatic heterocycles. The van der Waals surface area contributed by atoms with Crippen molar-refractivity contribution in [3.8, 4) is 0 Å². The maximum absolute atomic E-state index is 12.3. The summed E-state index contributed by atoms with van der Waals surface area (Å²) in [4.78, 5) is 26.1. The van der Waals surface area contributed by atoms with Crippen molar-refractivity contribution >= 4 is 40.4 Å². The van der Waals surface area contributed by atoms with E-state index in [0.29, 0.717) is 34.0 Å². The molecular weight excluding hydrogens is 404 g/mol. The van der Waals surface area contributed by atoms with Crippen molar-refractivity contribution < 1.29 is 9.21 Å². The van der Waals surface area contributed by atoms with E-state index in [2.05, 4.69) is 15.4 Å². The third kappa shape index (κ3) is 4.21. The molecule has 0 aliphatic rings. The molecule has 2 N–H and O–H groups in total. The fourth-order valence-corrected chi connectivity index (χ4v) is 3.40. The molecular formula is C22H19ClN4O3. The quantitative estimate of drug-likeness (QED) is 0.469. The van der Waals surface area contributed by atoms with Crippen molar-refractivity contribution in [3.05, 3.63) is 86.6 Å². The van der Waals surface area contributed by atoms with Crippen LogP contribution in [0, 0.1) is 13.8 Å². The minimum absolute atomic E-state index is 0.332. The monoisotopic (exact) mass is 422 g/mol. The summed E-state index contributed by atoms with van der Waals surface area (Å²) in [5.74, 6) is -0.872. The summed E-state index contributed by atoms with van der Waals surface area (Å²) in [6.07, 6.45) is 3.04. The number of anilines is 1. The summed E-state index contributed by atoms with van der Waals surface area (Å²) in [5.41, 5.74) is 5.17. The molecule has 2 aromatic carbocycles. The number of nitrogens with one attached hydrogen (secondary N) is 2. The molecule has 152 valence electrons.